The van der Waals surface area contributed by atoms with Crippen LogP contribution in [0.15, 0.2) is 47.9 Å². The molecule has 2 rings (SSSR count). The fourth-order valence-corrected chi connectivity index (χ4v) is 1.84. The monoisotopic (exact) mass is 190 g/mol. The SMILES string of the molecule is c1ccc(CSc2cnc[nH]2)cc1. The van der Waals surface area contributed by atoms with E-state index in [0.717, 1.165) is 10.8 Å². The van der Waals surface area contributed by atoms with Gasteiger partial charge in [-0.25, -0.2) is 4.98 Å². The predicted molar refractivity (Wildman–Crippen MR) is 54.6 cm³/mol. The van der Waals surface area contributed by atoms with Crippen molar-refractivity contribution in [3.63, 3.8) is 0 Å². The van der Waals surface area contributed by atoms with Crippen molar-refractivity contribution in [2.24, 2.45) is 0 Å². The third-order valence-corrected chi connectivity index (χ3v) is 2.72. The lowest BCUT2D eigenvalue weighted by molar-refractivity contribution is 1.19. The van der Waals surface area contributed by atoms with Crippen molar-refractivity contribution in [1.82, 2.24) is 9.97 Å². The molecule has 0 bridgehead atoms. The summed E-state index contributed by atoms with van der Waals surface area (Å²) in [6.07, 6.45) is 3.54. The van der Waals surface area contributed by atoms with Gasteiger partial charge in [-0.1, -0.05) is 30.3 Å². The van der Waals surface area contributed by atoms with Crippen LogP contribution in [0.2, 0.25) is 0 Å². The number of hydrogen-bond donors (Lipinski definition) is 1. The Bertz CT molecular complexity index is 342. The first-order chi connectivity index (χ1) is 6.45. The van der Waals surface area contributed by atoms with E-state index in [4.69, 9.17) is 0 Å². The molecule has 0 aliphatic heterocycles. The quantitative estimate of drug-likeness (QED) is 0.754. The zero-order valence-electron chi connectivity index (χ0n) is 7.10. The molecule has 1 aromatic carbocycles. The van der Waals surface area contributed by atoms with Crippen LogP contribution in [0.3, 0.4) is 0 Å². The molecule has 1 heterocycles. The van der Waals surface area contributed by atoms with Crippen LogP contribution in [0, 0.1) is 0 Å². The molecule has 66 valence electrons. The summed E-state index contributed by atoms with van der Waals surface area (Å²) in [6.45, 7) is 0. The molecule has 0 spiro atoms. The van der Waals surface area contributed by atoms with E-state index < -0.39 is 0 Å². The number of rotatable bonds is 3. The summed E-state index contributed by atoms with van der Waals surface area (Å²) in [5.74, 6) is 0.989. The van der Waals surface area contributed by atoms with E-state index in [1.807, 2.05) is 12.3 Å². The Morgan fingerprint density at radius 1 is 1.23 bits per heavy atom. The van der Waals surface area contributed by atoms with Crippen LogP contribution >= 0.6 is 11.8 Å². The summed E-state index contributed by atoms with van der Waals surface area (Å²) in [5.41, 5.74) is 1.34. The molecule has 0 aliphatic carbocycles. The van der Waals surface area contributed by atoms with E-state index in [2.05, 4.69) is 34.2 Å². The summed E-state index contributed by atoms with van der Waals surface area (Å²) in [6, 6.07) is 10.4. The smallest absolute Gasteiger partial charge is 0.0928 e. The first-order valence-corrected chi connectivity index (χ1v) is 5.09. The van der Waals surface area contributed by atoms with Gasteiger partial charge in [0.05, 0.1) is 17.6 Å². The van der Waals surface area contributed by atoms with E-state index in [1.165, 1.54) is 5.56 Å². The zero-order valence-corrected chi connectivity index (χ0v) is 7.92. The molecule has 0 unspecified atom stereocenters. The standard InChI is InChI=1S/C10H10N2S/c1-2-4-9(5-3-1)7-13-10-6-11-8-12-10/h1-6,8H,7H2,(H,11,12). The number of nitrogens with one attached hydrogen (secondary N) is 1. The highest BCUT2D eigenvalue weighted by Gasteiger charge is 1.95. The number of imidazole rings is 1. The maximum absolute atomic E-state index is 3.96. The van der Waals surface area contributed by atoms with Crippen LogP contribution < -0.4 is 0 Å². The Labute approximate surface area is 81.4 Å². The summed E-state index contributed by atoms with van der Waals surface area (Å²) in [4.78, 5) is 7.02. The molecule has 2 nitrogen and oxygen atoms in total. The van der Waals surface area contributed by atoms with Crippen molar-refractivity contribution in [2.45, 2.75) is 10.8 Å². The highest BCUT2D eigenvalue weighted by Crippen LogP contribution is 2.19. The van der Waals surface area contributed by atoms with Gasteiger partial charge in [-0.3, -0.25) is 0 Å². The lowest BCUT2D eigenvalue weighted by Crippen LogP contribution is -1.78. The minimum absolute atomic E-state index is 0.989. The van der Waals surface area contributed by atoms with Gasteiger partial charge in [0, 0.05) is 5.75 Å². The normalized spacial score (nSPS) is 10.2. The van der Waals surface area contributed by atoms with Crippen molar-refractivity contribution >= 4 is 11.8 Å². The van der Waals surface area contributed by atoms with Crippen molar-refractivity contribution in [2.75, 3.05) is 0 Å². The van der Waals surface area contributed by atoms with Crippen molar-refractivity contribution in [1.29, 1.82) is 0 Å². The van der Waals surface area contributed by atoms with E-state index in [0.29, 0.717) is 0 Å². The minimum Gasteiger partial charge on any atom is -0.340 e. The van der Waals surface area contributed by atoms with Gasteiger partial charge in [0.2, 0.25) is 0 Å². The summed E-state index contributed by atoms with van der Waals surface area (Å²) in [7, 11) is 0. The summed E-state index contributed by atoms with van der Waals surface area (Å²) < 4.78 is 0. The number of benzene rings is 1. The fraction of sp³-hybridized carbons (Fsp3) is 0.100. The third kappa shape index (κ3) is 2.36. The highest BCUT2D eigenvalue weighted by atomic mass is 32.2. The molecule has 1 aromatic heterocycles. The van der Waals surface area contributed by atoms with Crippen LogP contribution in [0.25, 0.3) is 0 Å². The molecule has 3 heteroatoms. The van der Waals surface area contributed by atoms with Gasteiger partial charge in [-0.15, -0.1) is 11.8 Å². The zero-order chi connectivity index (χ0) is 8.93. The Balaban J connectivity index is 1.94. The fourth-order valence-electron chi connectivity index (χ4n) is 1.06. The molecule has 2 aromatic rings. The van der Waals surface area contributed by atoms with E-state index in [1.54, 1.807) is 18.1 Å². The third-order valence-electron chi connectivity index (χ3n) is 1.71. The molecule has 0 saturated heterocycles. The maximum atomic E-state index is 3.96. The van der Waals surface area contributed by atoms with Crippen molar-refractivity contribution in [3.05, 3.63) is 48.4 Å². The Morgan fingerprint density at radius 2 is 2.08 bits per heavy atom. The molecular formula is C10H10N2S. The second kappa shape index (κ2) is 4.14. The van der Waals surface area contributed by atoms with Gasteiger partial charge in [0.25, 0.3) is 0 Å². The van der Waals surface area contributed by atoms with E-state index in [9.17, 15) is 0 Å². The van der Waals surface area contributed by atoms with Crippen LogP contribution in [0.1, 0.15) is 5.56 Å². The molecule has 0 fully saturated rings. The average Bonchev–Trinajstić information content (AvgIpc) is 2.69. The number of nitrogens with zero attached hydrogens (tertiary/aromatic N) is 1. The average molecular weight is 190 g/mol. The molecule has 0 radical (unpaired) electrons. The number of H-pyrrole nitrogens is 1. The number of hydrogen-bond acceptors (Lipinski definition) is 2. The van der Waals surface area contributed by atoms with E-state index in [-0.39, 0.29) is 0 Å². The number of aromatic nitrogens is 2. The van der Waals surface area contributed by atoms with Crippen molar-refractivity contribution < 1.29 is 0 Å². The second-order valence-electron chi connectivity index (χ2n) is 2.69. The molecule has 0 atom stereocenters. The van der Waals surface area contributed by atoms with Crippen LogP contribution in [0.5, 0.6) is 0 Å². The van der Waals surface area contributed by atoms with Gasteiger partial charge in [-0.05, 0) is 5.56 Å². The predicted octanol–water partition coefficient (Wildman–Crippen LogP) is 2.70. The number of thioether (sulfide) groups is 1. The Morgan fingerprint density at radius 3 is 2.77 bits per heavy atom. The second-order valence-corrected chi connectivity index (χ2v) is 3.71. The molecule has 0 aliphatic rings. The Hall–Kier alpha value is -1.22. The van der Waals surface area contributed by atoms with E-state index >= 15 is 0 Å². The number of aromatic amines is 1. The first kappa shape index (κ1) is 8.38. The highest BCUT2D eigenvalue weighted by molar-refractivity contribution is 7.98. The molecule has 1 N–H and O–H groups in total. The largest absolute Gasteiger partial charge is 0.340 e. The van der Waals surface area contributed by atoms with Gasteiger partial charge < -0.3 is 4.98 Å². The minimum atomic E-state index is 0.989. The van der Waals surface area contributed by atoms with Crippen LogP contribution in [-0.2, 0) is 5.75 Å². The summed E-state index contributed by atoms with van der Waals surface area (Å²) in [5, 5.41) is 1.11. The van der Waals surface area contributed by atoms with Crippen LogP contribution in [0.4, 0.5) is 0 Å². The lowest BCUT2D eigenvalue weighted by Gasteiger charge is -1.97. The van der Waals surface area contributed by atoms with Gasteiger partial charge in [-0.2, -0.15) is 0 Å². The topological polar surface area (TPSA) is 28.7 Å². The van der Waals surface area contributed by atoms with Crippen LogP contribution in [-0.4, -0.2) is 9.97 Å². The molecule has 13 heavy (non-hydrogen) atoms. The molecular weight excluding hydrogens is 180 g/mol. The summed E-state index contributed by atoms with van der Waals surface area (Å²) >= 11 is 1.76. The van der Waals surface area contributed by atoms with Gasteiger partial charge in [0.15, 0.2) is 0 Å². The van der Waals surface area contributed by atoms with Crippen molar-refractivity contribution in [3.8, 4) is 0 Å². The van der Waals surface area contributed by atoms with Gasteiger partial charge >= 0.3 is 0 Å². The first-order valence-electron chi connectivity index (χ1n) is 4.10. The lowest BCUT2D eigenvalue weighted by atomic mass is 10.2. The molecule has 0 amide bonds. The van der Waals surface area contributed by atoms with Gasteiger partial charge in [0.1, 0.15) is 0 Å². The molecule has 0 saturated carbocycles. The maximum Gasteiger partial charge on any atom is 0.0928 e. The Kier molecular flexibility index (Phi) is 2.67.